The summed E-state index contributed by atoms with van der Waals surface area (Å²) in [6.45, 7) is 6.13. The zero-order chi connectivity index (χ0) is 12.6. The molecule has 0 aliphatic carbocycles. The molecule has 17 heavy (non-hydrogen) atoms. The monoisotopic (exact) mass is 252 g/mol. The summed E-state index contributed by atoms with van der Waals surface area (Å²) >= 11 is 5.79. The van der Waals surface area contributed by atoms with Crippen LogP contribution in [0.25, 0.3) is 5.69 Å². The topological polar surface area (TPSA) is 17.8 Å². The van der Waals surface area contributed by atoms with Crippen molar-refractivity contribution in [2.45, 2.75) is 26.7 Å². The van der Waals surface area contributed by atoms with Crippen molar-refractivity contribution in [3.63, 3.8) is 0 Å². The summed E-state index contributed by atoms with van der Waals surface area (Å²) in [7, 11) is 0. The van der Waals surface area contributed by atoms with Crippen molar-refractivity contribution in [3.05, 3.63) is 46.5 Å². The smallest absolute Gasteiger partial charge is 0.141 e. The minimum Gasteiger partial charge on any atom is -0.237 e. The zero-order valence-electron chi connectivity index (χ0n) is 10.0. The van der Waals surface area contributed by atoms with E-state index >= 15 is 0 Å². The van der Waals surface area contributed by atoms with Gasteiger partial charge >= 0.3 is 0 Å². The normalized spacial score (nSPS) is 11.2. The van der Waals surface area contributed by atoms with Crippen LogP contribution in [0, 0.1) is 12.7 Å². The molecular formula is C13H14ClFN2. The molecule has 4 heteroatoms. The lowest BCUT2D eigenvalue weighted by molar-refractivity contribution is 0.626. The molecule has 0 spiro atoms. The Hall–Kier alpha value is -1.35. The highest BCUT2D eigenvalue weighted by molar-refractivity contribution is 6.30. The Morgan fingerprint density at radius 2 is 2.00 bits per heavy atom. The lowest BCUT2D eigenvalue weighted by Crippen LogP contribution is -2.03. The minimum absolute atomic E-state index is 0.116. The molecule has 2 rings (SSSR count). The van der Waals surface area contributed by atoms with E-state index in [1.807, 2.05) is 17.7 Å². The lowest BCUT2D eigenvalue weighted by Gasteiger charge is -2.10. The predicted molar refractivity (Wildman–Crippen MR) is 67.4 cm³/mol. The van der Waals surface area contributed by atoms with Gasteiger partial charge in [-0.05, 0) is 37.1 Å². The summed E-state index contributed by atoms with van der Waals surface area (Å²) in [6.07, 6.45) is 0. The van der Waals surface area contributed by atoms with Crippen LogP contribution in [-0.4, -0.2) is 9.78 Å². The van der Waals surface area contributed by atoms with Crippen molar-refractivity contribution >= 4 is 11.6 Å². The Morgan fingerprint density at radius 3 is 2.59 bits per heavy atom. The van der Waals surface area contributed by atoms with Gasteiger partial charge in [-0.3, -0.25) is 0 Å². The SMILES string of the molecule is Cc1cc(C(C)C)n(-c2ccc(F)c(Cl)c2)n1. The first kappa shape index (κ1) is 12.1. The first-order chi connectivity index (χ1) is 7.99. The molecule has 0 saturated heterocycles. The summed E-state index contributed by atoms with van der Waals surface area (Å²) in [6, 6.07) is 6.66. The largest absolute Gasteiger partial charge is 0.237 e. The number of aromatic nitrogens is 2. The van der Waals surface area contributed by atoms with Crippen LogP contribution in [0.3, 0.4) is 0 Å². The number of hydrogen-bond acceptors (Lipinski definition) is 1. The van der Waals surface area contributed by atoms with Crippen LogP contribution < -0.4 is 0 Å². The van der Waals surface area contributed by atoms with E-state index in [-0.39, 0.29) is 5.02 Å². The van der Waals surface area contributed by atoms with E-state index < -0.39 is 5.82 Å². The van der Waals surface area contributed by atoms with Crippen molar-refractivity contribution in [1.82, 2.24) is 9.78 Å². The first-order valence-electron chi connectivity index (χ1n) is 5.51. The van der Waals surface area contributed by atoms with Gasteiger partial charge in [0.1, 0.15) is 5.82 Å². The van der Waals surface area contributed by atoms with Crippen molar-refractivity contribution in [2.24, 2.45) is 0 Å². The third-order valence-electron chi connectivity index (χ3n) is 2.60. The highest BCUT2D eigenvalue weighted by atomic mass is 35.5. The van der Waals surface area contributed by atoms with Crippen molar-refractivity contribution in [2.75, 3.05) is 0 Å². The van der Waals surface area contributed by atoms with Gasteiger partial charge in [0.25, 0.3) is 0 Å². The number of benzene rings is 1. The molecule has 0 aliphatic heterocycles. The molecule has 0 fully saturated rings. The van der Waals surface area contributed by atoms with Crippen molar-refractivity contribution in [1.29, 1.82) is 0 Å². The fraction of sp³-hybridized carbons (Fsp3) is 0.308. The van der Waals surface area contributed by atoms with Gasteiger partial charge in [0.15, 0.2) is 0 Å². The van der Waals surface area contributed by atoms with Crippen LogP contribution in [-0.2, 0) is 0 Å². The lowest BCUT2D eigenvalue weighted by atomic mass is 10.1. The fourth-order valence-corrected chi connectivity index (χ4v) is 1.93. The molecule has 0 saturated carbocycles. The van der Waals surface area contributed by atoms with Gasteiger partial charge in [-0.15, -0.1) is 0 Å². The molecule has 1 aromatic heterocycles. The first-order valence-corrected chi connectivity index (χ1v) is 5.89. The number of halogens is 2. The summed E-state index contributed by atoms with van der Waals surface area (Å²) in [5.74, 6) is -0.0644. The maximum Gasteiger partial charge on any atom is 0.141 e. The Bertz CT molecular complexity index is 546. The molecule has 2 aromatic rings. The Morgan fingerprint density at radius 1 is 1.29 bits per heavy atom. The van der Waals surface area contributed by atoms with E-state index in [4.69, 9.17) is 11.6 Å². The van der Waals surface area contributed by atoms with Crippen LogP contribution in [0.2, 0.25) is 5.02 Å². The highest BCUT2D eigenvalue weighted by Gasteiger charge is 2.12. The molecule has 2 nitrogen and oxygen atoms in total. The third-order valence-corrected chi connectivity index (χ3v) is 2.89. The Labute approximate surface area is 105 Å². The van der Waals surface area contributed by atoms with Crippen LogP contribution in [0.15, 0.2) is 24.3 Å². The molecule has 0 N–H and O–H groups in total. The second-order valence-electron chi connectivity index (χ2n) is 4.38. The van der Waals surface area contributed by atoms with E-state index in [9.17, 15) is 4.39 Å². The van der Waals surface area contributed by atoms with Gasteiger partial charge in [-0.25, -0.2) is 9.07 Å². The summed E-state index contributed by atoms with van der Waals surface area (Å²) in [5.41, 5.74) is 2.81. The van der Waals surface area contributed by atoms with E-state index in [0.29, 0.717) is 5.92 Å². The number of aryl methyl sites for hydroxylation is 1. The second-order valence-corrected chi connectivity index (χ2v) is 4.78. The van der Waals surface area contributed by atoms with Gasteiger partial charge < -0.3 is 0 Å². The predicted octanol–water partition coefficient (Wildman–Crippen LogP) is 4.10. The number of rotatable bonds is 2. The molecular weight excluding hydrogens is 239 g/mol. The van der Waals surface area contributed by atoms with Crippen LogP contribution in [0.5, 0.6) is 0 Å². The fourth-order valence-electron chi connectivity index (χ4n) is 1.75. The van der Waals surface area contributed by atoms with E-state index in [2.05, 4.69) is 18.9 Å². The average Bonchev–Trinajstić information content (AvgIpc) is 2.64. The summed E-state index contributed by atoms with van der Waals surface area (Å²) < 4.78 is 14.9. The van der Waals surface area contributed by atoms with E-state index in [0.717, 1.165) is 17.1 Å². The second kappa shape index (κ2) is 4.49. The van der Waals surface area contributed by atoms with E-state index in [1.165, 1.54) is 6.07 Å². The number of hydrogen-bond donors (Lipinski definition) is 0. The van der Waals surface area contributed by atoms with Gasteiger partial charge in [-0.1, -0.05) is 25.4 Å². The minimum atomic E-state index is -0.412. The molecule has 0 aliphatic rings. The summed E-state index contributed by atoms with van der Waals surface area (Å²) in [5, 5.41) is 4.52. The van der Waals surface area contributed by atoms with Gasteiger partial charge in [-0.2, -0.15) is 5.10 Å². The van der Waals surface area contributed by atoms with Gasteiger partial charge in [0.2, 0.25) is 0 Å². The van der Waals surface area contributed by atoms with Gasteiger partial charge in [0, 0.05) is 5.69 Å². The molecule has 0 bridgehead atoms. The maximum absolute atomic E-state index is 13.1. The van der Waals surface area contributed by atoms with E-state index in [1.54, 1.807) is 12.1 Å². The van der Waals surface area contributed by atoms with Crippen LogP contribution >= 0.6 is 11.6 Å². The quantitative estimate of drug-likeness (QED) is 0.787. The Kier molecular flexibility index (Phi) is 3.20. The molecule has 0 atom stereocenters. The standard InChI is InChI=1S/C13H14ClFN2/c1-8(2)13-6-9(3)16-17(13)10-4-5-12(15)11(14)7-10/h4-8H,1-3H3. The van der Waals surface area contributed by atoms with Crippen molar-refractivity contribution in [3.8, 4) is 5.69 Å². The molecule has 1 aromatic carbocycles. The highest BCUT2D eigenvalue weighted by Crippen LogP contribution is 2.23. The average molecular weight is 253 g/mol. The van der Waals surface area contributed by atoms with Crippen LogP contribution in [0.4, 0.5) is 4.39 Å². The van der Waals surface area contributed by atoms with Gasteiger partial charge in [0.05, 0.1) is 16.4 Å². The molecule has 0 amide bonds. The molecule has 0 radical (unpaired) electrons. The Balaban J connectivity index is 2.55. The van der Waals surface area contributed by atoms with Crippen LogP contribution in [0.1, 0.15) is 31.2 Å². The molecule has 90 valence electrons. The number of nitrogens with zero attached hydrogens (tertiary/aromatic N) is 2. The molecule has 1 heterocycles. The molecule has 0 unspecified atom stereocenters. The third kappa shape index (κ3) is 2.34. The zero-order valence-corrected chi connectivity index (χ0v) is 10.8. The van der Waals surface area contributed by atoms with Crippen molar-refractivity contribution < 1.29 is 4.39 Å². The summed E-state index contributed by atoms with van der Waals surface area (Å²) in [4.78, 5) is 0. The maximum atomic E-state index is 13.1.